The smallest absolute Gasteiger partial charge is 0.354 e. The van der Waals surface area contributed by atoms with Crippen LogP contribution in [0, 0.1) is 0 Å². The van der Waals surface area contributed by atoms with Crippen LogP contribution in [-0.4, -0.2) is 49.5 Å². The molecule has 0 unspecified atom stereocenters. The van der Waals surface area contributed by atoms with Crippen molar-refractivity contribution in [2.24, 2.45) is 0 Å². The van der Waals surface area contributed by atoms with Crippen molar-refractivity contribution in [3.63, 3.8) is 0 Å². The standard InChI is InChI=1S/C15H21N5O2/c1-2-10-7-16-18-13(10)11-3-5-20(6-4-11)9-12-8-17-19-14(12)15(21)22/h7-8,11H,2-6,9H2,1H3,(H,16,18)(H,17,19)(H,21,22). The van der Waals surface area contributed by atoms with Crippen molar-refractivity contribution >= 4 is 5.97 Å². The fourth-order valence-electron chi connectivity index (χ4n) is 3.19. The first-order valence-corrected chi connectivity index (χ1v) is 7.69. The van der Waals surface area contributed by atoms with E-state index in [4.69, 9.17) is 5.11 Å². The Bertz CT molecular complexity index is 640. The number of carboxylic acid groups (broad SMARTS) is 1. The molecule has 2 aromatic rings. The highest BCUT2D eigenvalue weighted by atomic mass is 16.4. The van der Waals surface area contributed by atoms with Crippen molar-refractivity contribution in [3.8, 4) is 0 Å². The van der Waals surface area contributed by atoms with Crippen LogP contribution in [0.2, 0.25) is 0 Å². The second-order valence-electron chi connectivity index (χ2n) is 5.79. The van der Waals surface area contributed by atoms with Crippen LogP contribution in [0.5, 0.6) is 0 Å². The van der Waals surface area contributed by atoms with Crippen molar-refractivity contribution in [1.29, 1.82) is 0 Å². The van der Waals surface area contributed by atoms with Crippen molar-refractivity contribution in [1.82, 2.24) is 25.3 Å². The Morgan fingerprint density at radius 2 is 1.95 bits per heavy atom. The van der Waals surface area contributed by atoms with E-state index in [9.17, 15) is 4.79 Å². The Morgan fingerprint density at radius 3 is 2.64 bits per heavy atom. The van der Waals surface area contributed by atoms with E-state index in [1.165, 1.54) is 11.3 Å². The lowest BCUT2D eigenvalue weighted by atomic mass is 9.90. The van der Waals surface area contributed by atoms with E-state index >= 15 is 0 Å². The molecular formula is C15H21N5O2. The van der Waals surface area contributed by atoms with E-state index in [1.54, 1.807) is 6.20 Å². The predicted molar refractivity (Wildman–Crippen MR) is 80.8 cm³/mol. The van der Waals surface area contributed by atoms with Crippen molar-refractivity contribution in [2.45, 2.75) is 38.6 Å². The molecule has 0 aromatic carbocycles. The van der Waals surface area contributed by atoms with Crippen molar-refractivity contribution in [3.05, 3.63) is 34.9 Å². The molecule has 0 atom stereocenters. The number of rotatable bonds is 5. The summed E-state index contributed by atoms with van der Waals surface area (Å²) in [4.78, 5) is 13.4. The van der Waals surface area contributed by atoms with Gasteiger partial charge in [0.2, 0.25) is 0 Å². The Kier molecular flexibility index (Phi) is 4.24. The van der Waals surface area contributed by atoms with E-state index in [0.29, 0.717) is 12.5 Å². The number of hydrogen-bond acceptors (Lipinski definition) is 4. The number of aromatic amines is 2. The predicted octanol–water partition coefficient (Wildman–Crippen LogP) is 1.77. The maximum atomic E-state index is 11.1. The average Bonchev–Trinajstić information content (AvgIpc) is 3.16. The number of nitrogens with zero attached hydrogens (tertiary/aromatic N) is 3. The number of piperidine rings is 1. The number of nitrogens with one attached hydrogen (secondary N) is 2. The minimum atomic E-state index is -0.951. The molecule has 7 nitrogen and oxygen atoms in total. The molecule has 1 aliphatic rings. The van der Waals surface area contributed by atoms with Gasteiger partial charge in [0.25, 0.3) is 0 Å². The molecule has 1 aliphatic heterocycles. The maximum absolute atomic E-state index is 11.1. The van der Waals surface area contributed by atoms with Crippen LogP contribution in [0.1, 0.15) is 53.0 Å². The van der Waals surface area contributed by atoms with Crippen LogP contribution < -0.4 is 0 Å². The molecule has 0 spiro atoms. The van der Waals surface area contributed by atoms with Gasteiger partial charge in [-0.15, -0.1) is 0 Å². The number of carboxylic acids is 1. The summed E-state index contributed by atoms with van der Waals surface area (Å²) < 4.78 is 0. The zero-order chi connectivity index (χ0) is 15.5. The third kappa shape index (κ3) is 2.89. The monoisotopic (exact) mass is 303 g/mol. The van der Waals surface area contributed by atoms with Crippen LogP contribution in [0.3, 0.4) is 0 Å². The average molecular weight is 303 g/mol. The SMILES string of the molecule is CCc1cn[nH]c1C1CCN(Cc2cn[nH]c2C(=O)O)CC1. The lowest BCUT2D eigenvalue weighted by Gasteiger charge is -2.31. The number of likely N-dealkylation sites (tertiary alicyclic amines) is 1. The van der Waals surface area contributed by atoms with E-state index in [2.05, 4.69) is 32.2 Å². The highest BCUT2D eigenvalue weighted by Gasteiger charge is 2.24. The maximum Gasteiger partial charge on any atom is 0.354 e. The largest absolute Gasteiger partial charge is 0.477 e. The Balaban J connectivity index is 1.60. The fraction of sp³-hybridized carbons (Fsp3) is 0.533. The Labute approximate surface area is 128 Å². The molecule has 3 heterocycles. The molecule has 7 heteroatoms. The molecule has 0 bridgehead atoms. The first-order chi connectivity index (χ1) is 10.7. The molecule has 2 aromatic heterocycles. The minimum Gasteiger partial charge on any atom is -0.477 e. The van der Waals surface area contributed by atoms with Gasteiger partial charge in [0.1, 0.15) is 5.69 Å². The summed E-state index contributed by atoms with van der Waals surface area (Å²) in [5.74, 6) is -0.426. The van der Waals surface area contributed by atoms with Crippen LogP contribution in [-0.2, 0) is 13.0 Å². The minimum absolute atomic E-state index is 0.198. The van der Waals surface area contributed by atoms with E-state index in [1.807, 2.05) is 6.20 Å². The molecule has 1 fully saturated rings. The van der Waals surface area contributed by atoms with Crippen LogP contribution in [0.25, 0.3) is 0 Å². The van der Waals surface area contributed by atoms with Crippen molar-refractivity contribution < 1.29 is 9.90 Å². The number of carbonyl (C=O) groups is 1. The van der Waals surface area contributed by atoms with Gasteiger partial charge < -0.3 is 5.11 Å². The van der Waals surface area contributed by atoms with Crippen LogP contribution >= 0.6 is 0 Å². The highest BCUT2D eigenvalue weighted by molar-refractivity contribution is 5.86. The van der Waals surface area contributed by atoms with E-state index < -0.39 is 5.97 Å². The molecule has 0 radical (unpaired) electrons. The molecule has 22 heavy (non-hydrogen) atoms. The van der Waals surface area contributed by atoms with Crippen molar-refractivity contribution in [2.75, 3.05) is 13.1 Å². The van der Waals surface area contributed by atoms with Gasteiger partial charge in [0.15, 0.2) is 0 Å². The second-order valence-corrected chi connectivity index (χ2v) is 5.79. The summed E-state index contributed by atoms with van der Waals surface area (Å²) in [6, 6.07) is 0. The van der Waals surface area contributed by atoms with Gasteiger partial charge in [-0.2, -0.15) is 10.2 Å². The van der Waals surface area contributed by atoms with Gasteiger partial charge in [0.05, 0.1) is 12.4 Å². The highest BCUT2D eigenvalue weighted by Crippen LogP contribution is 2.29. The quantitative estimate of drug-likeness (QED) is 0.782. The molecule has 0 saturated carbocycles. The molecule has 0 amide bonds. The zero-order valence-corrected chi connectivity index (χ0v) is 12.7. The lowest BCUT2D eigenvalue weighted by Crippen LogP contribution is -2.33. The normalized spacial score (nSPS) is 17.0. The topological polar surface area (TPSA) is 97.9 Å². The van der Waals surface area contributed by atoms with Gasteiger partial charge in [-0.1, -0.05) is 6.92 Å². The summed E-state index contributed by atoms with van der Waals surface area (Å²) in [5, 5.41) is 22.8. The van der Waals surface area contributed by atoms with Gasteiger partial charge in [-0.25, -0.2) is 4.79 Å². The molecule has 0 aliphatic carbocycles. The summed E-state index contributed by atoms with van der Waals surface area (Å²) in [5.41, 5.74) is 3.53. The molecule has 1 saturated heterocycles. The summed E-state index contributed by atoms with van der Waals surface area (Å²) in [7, 11) is 0. The first-order valence-electron chi connectivity index (χ1n) is 7.69. The number of aryl methyl sites for hydroxylation is 1. The molecule has 118 valence electrons. The number of hydrogen-bond donors (Lipinski definition) is 3. The third-order valence-corrected chi connectivity index (χ3v) is 4.45. The van der Waals surface area contributed by atoms with Gasteiger partial charge in [-0.05, 0) is 37.9 Å². The van der Waals surface area contributed by atoms with Crippen LogP contribution in [0.15, 0.2) is 12.4 Å². The Hall–Kier alpha value is -2.15. The lowest BCUT2D eigenvalue weighted by molar-refractivity contribution is 0.0687. The second kappa shape index (κ2) is 6.31. The fourth-order valence-corrected chi connectivity index (χ4v) is 3.19. The number of H-pyrrole nitrogens is 2. The zero-order valence-electron chi connectivity index (χ0n) is 12.7. The summed E-state index contributed by atoms with van der Waals surface area (Å²) >= 11 is 0. The molecule has 3 N–H and O–H groups in total. The van der Waals surface area contributed by atoms with Gasteiger partial charge >= 0.3 is 5.97 Å². The molecular weight excluding hydrogens is 282 g/mol. The van der Waals surface area contributed by atoms with Crippen LogP contribution in [0.4, 0.5) is 0 Å². The summed E-state index contributed by atoms with van der Waals surface area (Å²) in [6.07, 6.45) is 6.67. The van der Waals surface area contributed by atoms with Gasteiger partial charge in [0, 0.05) is 23.7 Å². The Morgan fingerprint density at radius 1 is 1.27 bits per heavy atom. The number of aromatic nitrogens is 4. The number of aromatic carboxylic acids is 1. The van der Waals surface area contributed by atoms with E-state index in [0.717, 1.165) is 37.9 Å². The first kappa shape index (κ1) is 14.8. The van der Waals surface area contributed by atoms with Gasteiger partial charge in [-0.3, -0.25) is 15.1 Å². The summed E-state index contributed by atoms with van der Waals surface area (Å²) in [6.45, 7) is 4.69. The third-order valence-electron chi connectivity index (χ3n) is 4.45. The molecule has 3 rings (SSSR count). The van der Waals surface area contributed by atoms with E-state index in [-0.39, 0.29) is 5.69 Å².